The Morgan fingerprint density at radius 3 is 2.74 bits per heavy atom. The van der Waals surface area contributed by atoms with Crippen molar-refractivity contribution in [3.63, 3.8) is 0 Å². The zero-order chi connectivity index (χ0) is 13.8. The average Bonchev–Trinajstić information content (AvgIpc) is 2.39. The summed E-state index contributed by atoms with van der Waals surface area (Å²) in [6.07, 6.45) is 0. The number of carbonyl (C=O) groups excluding carboxylic acids is 1. The second-order valence-corrected chi connectivity index (χ2v) is 3.73. The van der Waals surface area contributed by atoms with Gasteiger partial charge >= 0.3 is 0 Å². The molecule has 1 aromatic carbocycles. The van der Waals surface area contributed by atoms with Crippen LogP contribution in [0.15, 0.2) is 41.2 Å². The summed E-state index contributed by atoms with van der Waals surface area (Å²) in [6.45, 7) is 0. The van der Waals surface area contributed by atoms with E-state index in [-0.39, 0.29) is 22.7 Å². The highest BCUT2D eigenvalue weighted by molar-refractivity contribution is 6.02. The molecule has 0 aliphatic carbocycles. The van der Waals surface area contributed by atoms with Crippen LogP contribution >= 0.6 is 0 Å². The van der Waals surface area contributed by atoms with E-state index in [9.17, 15) is 14.0 Å². The lowest BCUT2D eigenvalue weighted by Gasteiger charge is -2.07. The maximum atomic E-state index is 13.4. The molecule has 98 valence electrons. The molecule has 1 aromatic heterocycles. The maximum Gasteiger partial charge on any atom is 0.272 e. The van der Waals surface area contributed by atoms with Crippen LogP contribution in [-0.2, 0) is 0 Å². The number of amides is 1. The van der Waals surface area contributed by atoms with Gasteiger partial charge in [0.05, 0.1) is 7.11 Å². The van der Waals surface area contributed by atoms with Crippen molar-refractivity contribution in [3.05, 3.63) is 58.3 Å². The minimum absolute atomic E-state index is 0.0890. The fraction of sp³-hybridized carbons (Fsp3) is 0.0769. The molecular weight excluding hydrogens is 251 g/mol. The summed E-state index contributed by atoms with van der Waals surface area (Å²) >= 11 is 0. The summed E-state index contributed by atoms with van der Waals surface area (Å²) in [5.74, 6) is -1.02. The standard InChI is InChI=1S/C13H11FN2O3/c1-19-11-6-5-8(7-9(11)14)15-13(18)10-3-2-4-12(17)16-10/h2-7H,1H3,(H,15,18)(H,16,17). The van der Waals surface area contributed by atoms with Gasteiger partial charge in [-0.1, -0.05) is 6.07 Å². The number of carbonyl (C=O) groups is 1. The fourth-order valence-corrected chi connectivity index (χ4v) is 1.52. The van der Waals surface area contributed by atoms with Crippen molar-refractivity contribution < 1.29 is 13.9 Å². The van der Waals surface area contributed by atoms with Gasteiger partial charge in [0.15, 0.2) is 11.6 Å². The number of anilines is 1. The minimum atomic E-state index is -0.582. The molecule has 6 heteroatoms. The maximum absolute atomic E-state index is 13.4. The molecule has 19 heavy (non-hydrogen) atoms. The van der Waals surface area contributed by atoms with Crippen LogP contribution in [0.25, 0.3) is 0 Å². The van der Waals surface area contributed by atoms with Crippen LogP contribution in [0.3, 0.4) is 0 Å². The molecule has 0 saturated carbocycles. The molecule has 0 unspecified atom stereocenters. The number of aromatic nitrogens is 1. The van der Waals surface area contributed by atoms with Gasteiger partial charge in [-0.05, 0) is 18.2 Å². The Hall–Kier alpha value is -2.63. The Labute approximate surface area is 108 Å². The summed E-state index contributed by atoms with van der Waals surface area (Å²) in [5, 5.41) is 2.47. The molecular formula is C13H11FN2O3. The monoisotopic (exact) mass is 262 g/mol. The number of rotatable bonds is 3. The summed E-state index contributed by atoms with van der Waals surface area (Å²) in [5.41, 5.74) is -0.00899. The van der Waals surface area contributed by atoms with Crippen LogP contribution in [0, 0.1) is 5.82 Å². The molecule has 2 rings (SSSR count). The van der Waals surface area contributed by atoms with E-state index in [2.05, 4.69) is 10.3 Å². The van der Waals surface area contributed by atoms with E-state index < -0.39 is 11.7 Å². The normalized spacial score (nSPS) is 10.0. The second-order valence-electron chi connectivity index (χ2n) is 3.73. The van der Waals surface area contributed by atoms with Crippen LogP contribution in [-0.4, -0.2) is 18.0 Å². The van der Waals surface area contributed by atoms with Gasteiger partial charge in [-0.15, -0.1) is 0 Å². The van der Waals surface area contributed by atoms with Crippen molar-refractivity contribution in [3.8, 4) is 5.75 Å². The van der Waals surface area contributed by atoms with Crippen LogP contribution in [0.2, 0.25) is 0 Å². The molecule has 0 aliphatic heterocycles. The fourth-order valence-electron chi connectivity index (χ4n) is 1.52. The average molecular weight is 262 g/mol. The molecule has 0 fully saturated rings. The molecule has 1 amide bonds. The molecule has 0 spiro atoms. The van der Waals surface area contributed by atoms with E-state index in [0.717, 1.165) is 6.07 Å². The second kappa shape index (κ2) is 5.34. The number of hydrogen-bond acceptors (Lipinski definition) is 3. The first-order valence-corrected chi connectivity index (χ1v) is 5.44. The van der Waals surface area contributed by atoms with Crippen molar-refractivity contribution in [1.29, 1.82) is 0 Å². The quantitative estimate of drug-likeness (QED) is 0.885. The molecule has 0 radical (unpaired) electrons. The van der Waals surface area contributed by atoms with Gasteiger partial charge in [0.1, 0.15) is 5.69 Å². The van der Waals surface area contributed by atoms with Crippen LogP contribution < -0.4 is 15.6 Å². The van der Waals surface area contributed by atoms with Crippen LogP contribution in [0.1, 0.15) is 10.5 Å². The number of halogens is 1. The van der Waals surface area contributed by atoms with E-state index >= 15 is 0 Å². The predicted molar refractivity (Wildman–Crippen MR) is 68.0 cm³/mol. The summed E-state index contributed by atoms with van der Waals surface area (Å²) in [4.78, 5) is 25.2. The molecule has 0 saturated heterocycles. The third-order valence-corrected chi connectivity index (χ3v) is 2.42. The molecule has 0 bridgehead atoms. The highest BCUT2D eigenvalue weighted by atomic mass is 19.1. The third-order valence-electron chi connectivity index (χ3n) is 2.42. The van der Waals surface area contributed by atoms with Gasteiger partial charge in [0.25, 0.3) is 5.91 Å². The van der Waals surface area contributed by atoms with Crippen molar-refractivity contribution in [2.24, 2.45) is 0 Å². The van der Waals surface area contributed by atoms with Gasteiger partial charge in [0.2, 0.25) is 5.56 Å². The SMILES string of the molecule is COc1ccc(NC(=O)c2cccc(=O)[nH]2)cc1F. The Kier molecular flexibility index (Phi) is 3.61. The summed E-state index contributed by atoms with van der Waals surface area (Å²) < 4.78 is 18.2. The number of aromatic amines is 1. The lowest BCUT2D eigenvalue weighted by Crippen LogP contribution is -2.17. The number of pyridine rings is 1. The number of H-pyrrole nitrogens is 1. The first-order chi connectivity index (χ1) is 9.10. The first-order valence-electron chi connectivity index (χ1n) is 5.44. The van der Waals surface area contributed by atoms with Crippen molar-refractivity contribution in [2.45, 2.75) is 0 Å². The highest BCUT2D eigenvalue weighted by Gasteiger charge is 2.09. The van der Waals surface area contributed by atoms with Gasteiger partial charge < -0.3 is 15.0 Å². The van der Waals surface area contributed by atoms with E-state index in [0.29, 0.717) is 0 Å². The van der Waals surface area contributed by atoms with Gasteiger partial charge in [-0.25, -0.2) is 4.39 Å². The smallest absolute Gasteiger partial charge is 0.272 e. The van der Waals surface area contributed by atoms with E-state index in [1.807, 2.05) is 0 Å². The Bertz CT molecular complexity index is 667. The Balaban J connectivity index is 2.19. The topological polar surface area (TPSA) is 71.2 Å². The van der Waals surface area contributed by atoms with Crippen molar-refractivity contribution in [2.75, 3.05) is 12.4 Å². The Morgan fingerprint density at radius 2 is 2.11 bits per heavy atom. The van der Waals surface area contributed by atoms with Gasteiger partial charge in [0, 0.05) is 17.8 Å². The molecule has 0 aliphatic rings. The molecule has 1 heterocycles. The predicted octanol–water partition coefficient (Wildman–Crippen LogP) is 1.77. The molecule has 0 atom stereocenters. The summed E-state index contributed by atoms with van der Waals surface area (Å²) in [7, 11) is 1.35. The number of nitrogens with one attached hydrogen (secondary N) is 2. The van der Waals surface area contributed by atoms with Crippen LogP contribution in [0.4, 0.5) is 10.1 Å². The molecule has 2 N–H and O–H groups in total. The minimum Gasteiger partial charge on any atom is -0.494 e. The first kappa shape index (κ1) is 12.8. The van der Waals surface area contributed by atoms with E-state index in [1.54, 1.807) is 0 Å². The summed E-state index contributed by atoms with van der Waals surface area (Å²) in [6, 6.07) is 8.25. The Morgan fingerprint density at radius 1 is 1.32 bits per heavy atom. The number of hydrogen-bond donors (Lipinski definition) is 2. The van der Waals surface area contributed by atoms with E-state index in [1.165, 1.54) is 37.4 Å². The lowest BCUT2D eigenvalue weighted by atomic mass is 10.2. The van der Waals surface area contributed by atoms with Crippen molar-refractivity contribution >= 4 is 11.6 Å². The van der Waals surface area contributed by atoms with Crippen molar-refractivity contribution in [1.82, 2.24) is 4.98 Å². The van der Waals surface area contributed by atoms with E-state index in [4.69, 9.17) is 4.74 Å². The zero-order valence-electron chi connectivity index (χ0n) is 10.1. The molecule has 5 nitrogen and oxygen atoms in total. The lowest BCUT2D eigenvalue weighted by molar-refractivity contribution is 0.102. The number of methoxy groups -OCH3 is 1. The van der Waals surface area contributed by atoms with Gasteiger partial charge in [-0.2, -0.15) is 0 Å². The largest absolute Gasteiger partial charge is 0.494 e. The van der Waals surface area contributed by atoms with Gasteiger partial charge in [-0.3, -0.25) is 9.59 Å². The third kappa shape index (κ3) is 2.98. The zero-order valence-corrected chi connectivity index (χ0v) is 10.1. The van der Waals surface area contributed by atoms with Crippen LogP contribution in [0.5, 0.6) is 5.75 Å². The number of benzene rings is 1. The number of ether oxygens (including phenoxy) is 1. The highest BCUT2D eigenvalue weighted by Crippen LogP contribution is 2.20. The molecule has 2 aromatic rings.